The lowest BCUT2D eigenvalue weighted by atomic mass is 9.90. The Morgan fingerprint density at radius 1 is 1.00 bits per heavy atom. The van der Waals surface area contributed by atoms with Gasteiger partial charge in [-0.15, -0.1) is 0 Å². The number of hydrogen-bond acceptors (Lipinski definition) is 1. The summed E-state index contributed by atoms with van der Waals surface area (Å²) in [4.78, 5) is 0. The molecule has 2 aromatic carbocycles. The van der Waals surface area contributed by atoms with E-state index in [0.29, 0.717) is 6.07 Å². The fraction of sp³-hybridized carbons (Fsp3) is 0.143. The molecular weight excluding hydrogens is 271 g/mol. The molecule has 0 aliphatic rings. The summed E-state index contributed by atoms with van der Waals surface area (Å²) < 4.78 is 59.7. The van der Waals surface area contributed by atoms with Crippen LogP contribution >= 0.6 is 0 Å². The molecule has 0 fully saturated rings. The van der Waals surface area contributed by atoms with Crippen molar-refractivity contribution in [3.63, 3.8) is 0 Å². The summed E-state index contributed by atoms with van der Waals surface area (Å²) in [5.41, 5.74) is -1.11. The van der Waals surface area contributed by atoms with Gasteiger partial charge in [-0.2, -0.15) is 0 Å². The molecule has 20 heavy (non-hydrogen) atoms. The zero-order chi connectivity index (χ0) is 15.0. The Balaban J connectivity index is 2.83. The van der Waals surface area contributed by atoms with Crippen LogP contribution in [0.3, 0.4) is 0 Å². The second-order valence-corrected chi connectivity index (χ2v) is 4.23. The van der Waals surface area contributed by atoms with Crippen LogP contribution < -0.4 is 10.2 Å². The van der Waals surface area contributed by atoms with Gasteiger partial charge in [0.2, 0.25) is 0 Å². The smallest absolute Gasteiger partial charge is 0.175 e. The molecule has 0 unspecified atom stereocenters. The van der Waals surface area contributed by atoms with Crippen molar-refractivity contribution in [2.45, 2.75) is 6.92 Å². The summed E-state index contributed by atoms with van der Waals surface area (Å²) >= 11 is 0. The number of methoxy groups -OCH3 is 1. The fourth-order valence-corrected chi connectivity index (χ4v) is 1.98. The molecule has 1 nitrogen and oxygen atoms in total. The lowest BCUT2D eigenvalue weighted by molar-refractivity contribution is 0.389. The number of halogens is 4. The van der Waals surface area contributed by atoms with Crippen LogP contribution in [0.25, 0.3) is 11.1 Å². The number of rotatable bonds is 2. The molecule has 2 aromatic rings. The van der Waals surface area contributed by atoms with Crippen LogP contribution in [0.2, 0.25) is 0 Å². The Labute approximate surface area is 114 Å². The molecule has 0 aromatic heterocycles. The maximum absolute atomic E-state index is 14.2. The van der Waals surface area contributed by atoms with Crippen LogP contribution in [0.15, 0.2) is 18.2 Å². The minimum atomic E-state index is -1.10. The van der Waals surface area contributed by atoms with E-state index in [2.05, 4.69) is 0 Å². The molecule has 0 bridgehead atoms. The molecule has 6 heteroatoms. The first kappa shape index (κ1) is 14.4. The predicted molar refractivity (Wildman–Crippen MR) is 68.4 cm³/mol. The van der Waals surface area contributed by atoms with Crippen molar-refractivity contribution in [2.75, 3.05) is 7.11 Å². The number of hydrogen-bond donors (Lipinski definition) is 0. The van der Waals surface area contributed by atoms with E-state index in [0.717, 1.165) is 19.2 Å². The highest BCUT2D eigenvalue weighted by molar-refractivity contribution is 6.34. The fourth-order valence-electron chi connectivity index (χ4n) is 1.98. The summed E-state index contributed by atoms with van der Waals surface area (Å²) in [5.74, 6) is -4.32. The van der Waals surface area contributed by atoms with Crippen LogP contribution in [0.5, 0.6) is 5.75 Å². The van der Waals surface area contributed by atoms with Gasteiger partial charge in [0.25, 0.3) is 0 Å². The molecule has 0 N–H and O–H groups in total. The first-order valence-electron chi connectivity index (χ1n) is 5.64. The van der Waals surface area contributed by atoms with Crippen molar-refractivity contribution in [2.24, 2.45) is 0 Å². The zero-order valence-corrected chi connectivity index (χ0v) is 10.7. The molecule has 0 heterocycles. The summed E-state index contributed by atoms with van der Waals surface area (Å²) in [6.07, 6.45) is 0. The zero-order valence-electron chi connectivity index (χ0n) is 10.7. The van der Waals surface area contributed by atoms with Crippen molar-refractivity contribution in [3.05, 3.63) is 47.0 Å². The topological polar surface area (TPSA) is 9.23 Å². The molecule has 2 radical (unpaired) electrons. The molecule has 0 aliphatic carbocycles. The highest BCUT2D eigenvalue weighted by Gasteiger charge is 2.21. The van der Waals surface area contributed by atoms with Crippen LogP contribution in [-0.2, 0) is 0 Å². The van der Waals surface area contributed by atoms with Crippen LogP contribution in [0.1, 0.15) is 5.56 Å². The molecular formula is C14H9BF4O. The third-order valence-corrected chi connectivity index (χ3v) is 2.98. The molecule has 2 rings (SSSR count). The Morgan fingerprint density at radius 2 is 1.65 bits per heavy atom. The van der Waals surface area contributed by atoms with E-state index >= 15 is 0 Å². The number of benzene rings is 2. The Bertz CT molecular complexity index is 686. The van der Waals surface area contributed by atoms with Gasteiger partial charge in [-0.25, -0.2) is 17.6 Å². The molecule has 0 spiro atoms. The van der Waals surface area contributed by atoms with E-state index in [9.17, 15) is 17.6 Å². The van der Waals surface area contributed by atoms with Gasteiger partial charge >= 0.3 is 0 Å². The van der Waals surface area contributed by atoms with E-state index in [1.807, 2.05) is 0 Å². The predicted octanol–water partition coefficient (Wildman–Crippen LogP) is 3.02. The van der Waals surface area contributed by atoms with Crippen LogP contribution in [0, 0.1) is 30.2 Å². The minimum absolute atomic E-state index is 0.0731. The van der Waals surface area contributed by atoms with E-state index in [1.165, 1.54) is 6.92 Å². The molecule has 0 atom stereocenters. The van der Waals surface area contributed by atoms with Crippen LogP contribution in [0.4, 0.5) is 17.6 Å². The summed E-state index contributed by atoms with van der Waals surface area (Å²) in [6.45, 7) is 1.30. The van der Waals surface area contributed by atoms with Crippen molar-refractivity contribution in [1.29, 1.82) is 0 Å². The lowest BCUT2D eigenvalue weighted by Crippen LogP contribution is -2.12. The molecule has 0 aliphatic heterocycles. The van der Waals surface area contributed by atoms with Crippen molar-refractivity contribution < 1.29 is 22.3 Å². The quantitative estimate of drug-likeness (QED) is 0.607. The third-order valence-electron chi connectivity index (χ3n) is 2.98. The molecule has 0 amide bonds. The molecule has 0 saturated carbocycles. The van der Waals surface area contributed by atoms with Gasteiger partial charge in [0.15, 0.2) is 5.82 Å². The highest BCUT2D eigenvalue weighted by Crippen LogP contribution is 2.33. The monoisotopic (exact) mass is 280 g/mol. The Morgan fingerprint density at radius 3 is 2.25 bits per heavy atom. The van der Waals surface area contributed by atoms with E-state index in [4.69, 9.17) is 12.6 Å². The summed E-state index contributed by atoms with van der Waals surface area (Å²) in [6, 6.07) is 2.35. The van der Waals surface area contributed by atoms with Crippen LogP contribution in [-0.4, -0.2) is 15.0 Å². The van der Waals surface area contributed by atoms with Crippen molar-refractivity contribution in [1.82, 2.24) is 0 Å². The standard InChI is InChI=1S/C14H9BF4O/c1-6-8(3-7(16)4-10(6)17)12-11(18)5-9(15)14(20-2)13(12)19/h3-5H,1-2H3. The lowest BCUT2D eigenvalue weighted by Gasteiger charge is -2.14. The van der Waals surface area contributed by atoms with Gasteiger partial charge in [-0.3, -0.25) is 0 Å². The maximum atomic E-state index is 14.2. The first-order valence-corrected chi connectivity index (χ1v) is 5.64. The van der Waals surface area contributed by atoms with Gasteiger partial charge < -0.3 is 4.74 Å². The summed E-state index contributed by atoms with van der Waals surface area (Å²) in [7, 11) is 6.59. The highest BCUT2D eigenvalue weighted by atomic mass is 19.1. The van der Waals surface area contributed by atoms with Gasteiger partial charge in [-0.1, -0.05) is 0 Å². The van der Waals surface area contributed by atoms with Gasteiger partial charge in [-0.05, 0) is 35.6 Å². The van der Waals surface area contributed by atoms with Gasteiger partial charge in [0.1, 0.15) is 31.0 Å². The van der Waals surface area contributed by atoms with Crippen molar-refractivity contribution in [3.8, 4) is 16.9 Å². The van der Waals surface area contributed by atoms with E-state index < -0.39 is 28.8 Å². The van der Waals surface area contributed by atoms with E-state index in [-0.39, 0.29) is 22.3 Å². The number of ether oxygens (including phenoxy) is 1. The molecule has 102 valence electrons. The van der Waals surface area contributed by atoms with Gasteiger partial charge in [0, 0.05) is 6.07 Å². The average Bonchev–Trinajstić information content (AvgIpc) is 2.35. The Hall–Kier alpha value is -1.98. The third kappa shape index (κ3) is 2.26. The average molecular weight is 280 g/mol. The Kier molecular flexibility index (Phi) is 3.75. The first-order chi connectivity index (χ1) is 9.36. The normalized spacial score (nSPS) is 10.7. The van der Waals surface area contributed by atoms with Crippen molar-refractivity contribution >= 4 is 13.3 Å². The second-order valence-electron chi connectivity index (χ2n) is 4.23. The maximum Gasteiger partial charge on any atom is 0.175 e. The van der Waals surface area contributed by atoms with E-state index in [1.54, 1.807) is 0 Å². The second kappa shape index (κ2) is 5.19. The summed E-state index contributed by atoms with van der Waals surface area (Å²) in [5, 5.41) is 0. The SMILES string of the molecule is [B]c1cc(F)c(-c2cc(F)cc(F)c2C)c(F)c1OC. The largest absolute Gasteiger partial charge is 0.494 e. The molecule has 0 saturated heterocycles. The van der Waals surface area contributed by atoms with Gasteiger partial charge in [0.05, 0.1) is 12.7 Å². The minimum Gasteiger partial charge on any atom is -0.494 e.